The molecule has 12 heteroatoms. The van der Waals surface area contributed by atoms with E-state index in [9.17, 15) is 27.2 Å². The maximum atomic E-state index is 13.9. The van der Waals surface area contributed by atoms with E-state index in [1.54, 1.807) is 27.8 Å². The van der Waals surface area contributed by atoms with E-state index in [4.69, 9.17) is 0 Å². The van der Waals surface area contributed by atoms with Gasteiger partial charge in [0.1, 0.15) is 12.4 Å². The van der Waals surface area contributed by atoms with E-state index in [1.807, 2.05) is 24.3 Å². The van der Waals surface area contributed by atoms with Crippen LogP contribution in [0.4, 0.5) is 17.6 Å². The molecule has 0 fully saturated rings. The van der Waals surface area contributed by atoms with Crippen molar-refractivity contribution in [1.29, 1.82) is 0 Å². The van der Waals surface area contributed by atoms with Gasteiger partial charge in [-0.05, 0) is 59.6 Å². The zero-order valence-electron chi connectivity index (χ0n) is 25.6. The van der Waals surface area contributed by atoms with Crippen LogP contribution in [-0.4, -0.2) is 51.4 Å². The minimum atomic E-state index is -4.39. The molecule has 6 nitrogen and oxygen atoms in total. The number of hydrogen-bond donors (Lipinski definition) is 0. The third-order valence-electron chi connectivity index (χ3n) is 7.57. The Kier molecular flexibility index (Phi) is 12.8. The van der Waals surface area contributed by atoms with Crippen LogP contribution in [0.3, 0.4) is 0 Å². The van der Waals surface area contributed by atoms with Crippen molar-refractivity contribution >= 4 is 40.3 Å². The van der Waals surface area contributed by atoms with Crippen molar-refractivity contribution in [3.05, 3.63) is 117 Å². The molecule has 0 saturated carbocycles. The van der Waals surface area contributed by atoms with Crippen molar-refractivity contribution in [2.24, 2.45) is 0 Å². The predicted octanol–water partition coefficient (Wildman–Crippen LogP) is 7.67. The molecule has 1 heterocycles. The Balaban J connectivity index is 1.55. The van der Waals surface area contributed by atoms with Crippen molar-refractivity contribution in [3.8, 4) is 11.1 Å². The van der Waals surface area contributed by atoms with Crippen molar-refractivity contribution in [3.63, 3.8) is 0 Å². The number of alkyl halides is 4. The number of amides is 1. The molecule has 0 bridgehead atoms. The van der Waals surface area contributed by atoms with Crippen LogP contribution in [0.1, 0.15) is 36.1 Å². The molecule has 1 amide bonds. The van der Waals surface area contributed by atoms with Crippen LogP contribution < -0.4 is 5.56 Å². The van der Waals surface area contributed by atoms with E-state index in [0.717, 1.165) is 41.9 Å². The van der Waals surface area contributed by atoms with Crippen LogP contribution in [0, 0.1) is 5.82 Å². The molecule has 1 aromatic heterocycles. The van der Waals surface area contributed by atoms with Crippen molar-refractivity contribution in [1.82, 2.24) is 19.4 Å². The molecule has 0 spiro atoms. The Labute approximate surface area is 284 Å². The summed E-state index contributed by atoms with van der Waals surface area (Å²) in [5.41, 5.74) is 2.62. The molecular weight excluding hydrogens is 731 g/mol. The summed E-state index contributed by atoms with van der Waals surface area (Å²) in [6.07, 6.45) is -2.71. The summed E-state index contributed by atoms with van der Waals surface area (Å²) >= 11 is 3.41. The summed E-state index contributed by atoms with van der Waals surface area (Å²) in [4.78, 5) is 34.8. The average Bonchev–Trinajstić information content (AvgIpc) is 3.05. The first-order chi connectivity index (χ1) is 22.0. The molecule has 46 heavy (non-hydrogen) atoms. The first-order valence-corrected chi connectivity index (χ1v) is 17.3. The Bertz CT molecular complexity index is 1640. The fraction of sp³-hybridized carbons (Fsp3) is 0.324. The zero-order chi connectivity index (χ0) is 33.3. The topological polar surface area (TPSA) is 58.4 Å². The number of halogens is 5. The number of benzene rings is 3. The van der Waals surface area contributed by atoms with Crippen LogP contribution in [0.2, 0.25) is 0 Å². The van der Waals surface area contributed by atoms with Gasteiger partial charge in [0.2, 0.25) is 5.91 Å². The second-order valence-electron chi connectivity index (χ2n) is 10.6. The van der Waals surface area contributed by atoms with Crippen LogP contribution >= 0.6 is 34.4 Å². The Morgan fingerprint density at radius 3 is 2.04 bits per heavy atom. The summed E-state index contributed by atoms with van der Waals surface area (Å²) in [7, 11) is 0. The lowest BCUT2D eigenvalue weighted by atomic mass is 10.0. The molecule has 0 unspecified atom stereocenters. The number of rotatable bonds is 14. The van der Waals surface area contributed by atoms with Crippen molar-refractivity contribution < 1.29 is 22.4 Å². The van der Waals surface area contributed by atoms with Gasteiger partial charge in [0.25, 0.3) is 5.56 Å². The molecule has 3 aromatic carbocycles. The second-order valence-corrected chi connectivity index (χ2v) is 12.4. The molecule has 0 aliphatic carbocycles. The number of carbonyl (C=O) groups is 1. The first-order valence-electron chi connectivity index (χ1n) is 14.8. The van der Waals surface area contributed by atoms with Gasteiger partial charge in [0.05, 0.1) is 5.56 Å². The third kappa shape index (κ3) is 9.88. The highest BCUT2D eigenvalue weighted by atomic mass is 127. The maximum Gasteiger partial charge on any atom is 0.416 e. The van der Waals surface area contributed by atoms with Crippen LogP contribution in [0.5, 0.6) is 0 Å². The highest BCUT2D eigenvalue weighted by molar-refractivity contribution is 14.1. The first kappa shape index (κ1) is 35.6. The quantitative estimate of drug-likeness (QED) is 0.0434. The number of carbonyl (C=O) groups excluding carboxylic acids is 1. The molecule has 0 aliphatic rings. The molecule has 0 N–H and O–H groups in total. The number of hydrogen-bond acceptors (Lipinski definition) is 5. The van der Waals surface area contributed by atoms with Crippen LogP contribution in [0.25, 0.3) is 11.1 Å². The standard InChI is InChI=1S/C34H35F4IN4O2S/c1-3-41(4-2)17-18-42(20-24-5-9-26(10-6-24)27-11-13-29(14-12-27)34(36,37)38)31(44)22-43-21-28(19-39)32(45)40-33(43)46-23-25-7-15-30(35)16-8-25/h5-16,21H,3-4,17-20,22-23H2,1-2H3. The number of thioether (sulfide) groups is 1. The average molecular weight is 767 g/mol. The summed E-state index contributed by atoms with van der Waals surface area (Å²) < 4.78 is 54.5. The van der Waals surface area contributed by atoms with Gasteiger partial charge in [-0.1, -0.05) is 96.7 Å². The monoisotopic (exact) mass is 766 g/mol. The molecule has 0 atom stereocenters. The fourth-order valence-corrected chi connectivity index (χ4v) is 6.23. The summed E-state index contributed by atoms with van der Waals surface area (Å²) in [6, 6.07) is 18.6. The van der Waals surface area contributed by atoms with Gasteiger partial charge in [0.15, 0.2) is 5.16 Å². The summed E-state index contributed by atoms with van der Waals surface area (Å²) in [5.74, 6) is -0.0335. The smallest absolute Gasteiger partial charge is 0.336 e. The van der Waals surface area contributed by atoms with Crippen LogP contribution in [0.15, 0.2) is 88.9 Å². The highest BCUT2D eigenvalue weighted by Gasteiger charge is 2.30. The minimum Gasteiger partial charge on any atom is -0.336 e. The van der Waals surface area contributed by atoms with Gasteiger partial charge in [-0.3, -0.25) is 9.59 Å². The third-order valence-corrected chi connectivity index (χ3v) is 9.45. The second kappa shape index (κ2) is 16.6. The molecule has 4 aromatic rings. The van der Waals surface area contributed by atoms with E-state index in [2.05, 4.69) is 46.3 Å². The Hall–Kier alpha value is -3.23. The molecule has 244 valence electrons. The molecule has 0 radical (unpaired) electrons. The molecular formula is C34H35F4IN4O2S. The lowest BCUT2D eigenvalue weighted by Gasteiger charge is -2.27. The molecule has 0 aliphatic heterocycles. The summed E-state index contributed by atoms with van der Waals surface area (Å²) in [5, 5.41) is 0.404. The maximum absolute atomic E-state index is 13.9. The van der Waals surface area contributed by atoms with Crippen LogP contribution in [-0.2, 0) is 34.2 Å². The fourth-order valence-electron chi connectivity index (χ4n) is 4.78. The highest BCUT2D eigenvalue weighted by Crippen LogP contribution is 2.31. The van der Waals surface area contributed by atoms with Gasteiger partial charge in [-0.2, -0.15) is 18.2 Å². The molecule has 0 saturated heterocycles. The number of aromatic nitrogens is 2. The van der Waals surface area contributed by atoms with E-state index in [-0.39, 0.29) is 23.8 Å². The van der Waals surface area contributed by atoms with Gasteiger partial charge >= 0.3 is 6.18 Å². The largest absolute Gasteiger partial charge is 0.416 e. The van der Waals surface area contributed by atoms with Crippen molar-refractivity contribution in [2.75, 3.05) is 26.2 Å². The normalized spacial score (nSPS) is 11.7. The Morgan fingerprint density at radius 2 is 1.48 bits per heavy atom. The predicted molar refractivity (Wildman–Crippen MR) is 182 cm³/mol. The number of nitrogens with zero attached hydrogens (tertiary/aromatic N) is 4. The Morgan fingerprint density at radius 1 is 0.891 bits per heavy atom. The summed E-state index contributed by atoms with van der Waals surface area (Å²) in [6.45, 7) is 7.28. The van der Waals surface area contributed by atoms with E-state index in [0.29, 0.717) is 46.1 Å². The SMILES string of the molecule is CCN(CC)CCN(Cc1ccc(-c2ccc(C(F)(F)F)cc2)cc1)C(=O)Cn1cc(CI)c(=O)nc1SCc1ccc(F)cc1. The van der Waals surface area contributed by atoms with E-state index < -0.39 is 11.7 Å². The minimum absolute atomic E-state index is 0.0233. The van der Waals surface area contributed by atoms with Gasteiger partial charge in [-0.25, -0.2) is 4.39 Å². The zero-order valence-corrected chi connectivity index (χ0v) is 28.5. The van der Waals surface area contributed by atoms with Gasteiger partial charge in [0, 0.05) is 41.6 Å². The van der Waals surface area contributed by atoms with Gasteiger partial charge < -0.3 is 14.4 Å². The van der Waals surface area contributed by atoms with Crippen molar-refractivity contribution in [2.45, 2.75) is 48.5 Å². The number of likely N-dealkylation sites (N-methyl/N-ethyl adjacent to an activating group) is 1. The van der Waals surface area contributed by atoms with E-state index >= 15 is 0 Å². The molecule has 4 rings (SSSR count). The van der Waals surface area contributed by atoms with Gasteiger partial charge in [-0.15, -0.1) is 0 Å². The van der Waals surface area contributed by atoms with E-state index in [1.165, 1.54) is 36.0 Å². The lowest BCUT2D eigenvalue weighted by Crippen LogP contribution is -2.40. The lowest BCUT2D eigenvalue weighted by molar-refractivity contribution is -0.137.